The fourth-order valence-electron chi connectivity index (χ4n) is 0.917. The van der Waals surface area contributed by atoms with Gasteiger partial charge < -0.3 is 5.41 Å². The summed E-state index contributed by atoms with van der Waals surface area (Å²) < 4.78 is 0. The molecule has 1 aromatic rings. The fraction of sp³-hybridized carbons (Fsp3) is 0.333. The molecular formula is C9H11BN2. The predicted molar refractivity (Wildman–Crippen MR) is 51.0 cm³/mol. The number of pyridine rings is 1. The Hall–Kier alpha value is -1.12. The normalized spacial score (nSPS) is 9.75. The Morgan fingerprint density at radius 2 is 2.33 bits per heavy atom. The molecule has 0 saturated carbocycles. The third kappa shape index (κ3) is 1.94. The third-order valence-corrected chi connectivity index (χ3v) is 1.75. The molecule has 0 bridgehead atoms. The van der Waals surface area contributed by atoms with Gasteiger partial charge in [-0.15, -0.1) is 0 Å². The lowest BCUT2D eigenvalue weighted by molar-refractivity contribution is 1.10. The molecule has 2 nitrogen and oxygen atoms in total. The van der Waals surface area contributed by atoms with Crippen LogP contribution in [0.3, 0.4) is 0 Å². The number of aromatic nitrogens is 1. The smallest absolute Gasteiger partial charge is 0.0829 e. The second kappa shape index (κ2) is 4.05. The lowest BCUT2D eigenvalue weighted by Gasteiger charge is -2.00. The van der Waals surface area contributed by atoms with Gasteiger partial charge >= 0.3 is 0 Å². The van der Waals surface area contributed by atoms with E-state index in [4.69, 9.17) is 13.3 Å². The van der Waals surface area contributed by atoms with Crippen LogP contribution in [0.15, 0.2) is 18.3 Å². The molecule has 0 aromatic carbocycles. The van der Waals surface area contributed by atoms with E-state index in [-0.39, 0.29) is 6.32 Å². The largest absolute Gasteiger partial charge is 0.304 e. The molecule has 1 rings (SSSR count). The summed E-state index contributed by atoms with van der Waals surface area (Å²) in [5, 5.41) is 7.42. The van der Waals surface area contributed by atoms with Crippen molar-refractivity contribution in [1.82, 2.24) is 4.98 Å². The first-order valence-corrected chi connectivity index (χ1v) is 4.00. The van der Waals surface area contributed by atoms with E-state index in [0.717, 1.165) is 6.42 Å². The summed E-state index contributed by atoms with van der Waals surface area (Å²) in [6.45, 7) is 2.07. The maximum Gasteiger partial charge on any atom is 0.0829 e. The molecule has 2 radical (unpaired) electrons. The minimum absolute atomic E-state index is 0.248. The molecule has 12 heavy (non-hydrogen) atoms. The second-order valence-corrected chi connectivity index (χ2v) is 2.59. The minimum atomic E-state index is 0.248. The van der Waals surface area contributed by atoms with Crippen LogP contribution in [0, 0.1) is 5.41 Å². The standard InChI is InChI=1S/C9H11BN2/c1-2-7-3-4-9(12-6-7)8(11)5-10/h3-4,6,11H,2,5H2,1H3. The zero-order chi connectivity index (χ0) is 8.97. The van der Waals surface area contributed by atoms with Crippen molar-refractivity contribution in [2.45, 2.75) is 19.7 Å². The molecule has 1 N–H and O–H groups in total. The lowest BCUT2D eigenvalue weighted by Crippen LogP contribution is -2.00. The molecule has 0 aliphatic carbocycles. The van der Waals surface area contributed by atoms with Crippen LogP contribution in [0.5, 0.6) is 0 Å². The van der Waals surface area contributed by atoms with E-state index in [2.05, 4.69) is 11.9 Å². The Morgan fingerprint density at radius 3 is 2.75 bits per heavy atom. The summed E-state index contributed by atoms with van der Waals surface area (Å²) >= 11 is 0. The molecule has 0 aliphatic heterocycles. The number of nitrogens with zero attached hydrogens (tertiary/aromatic N) is 1. The number of hydrogen-bond acceptors (Lipinski definition) is 2. The Morgan fingerprint density at radius 1 is 1.58 bits per heavy atom. The summed E-state index contributed by atoms with van der Waals surface area (Å²) in [5.41, 5.74) is 2.25. The van der Waals surface area contributed by atoms with E-state index in [1.54, 1.807) is 6.20 Å². The highest BCUT2D eigenvalue weighted by Crippen LogP contribution is 2.02. The van der Waals surface area contributed by atoms with Gasteiger partial charge in [-0.3, -0.25) is 4.98 Å². The average Bonchev–Trinajstić information content (AvgIpc) is 2.17. The molecule has 0 spiro atoms. The van der Waals surface area contributed by atoms with Crippen LogP contribution in [-0.4, -0.2) is 18.5 Å². The summed E-state index contributed by atoms with van der Waals surface area (Å²) in [6.07, 6.45) is 3.02. The highest BCUT2D eigenvalue weighted by molar-refractivity contribution is 6.24. The van der Waals surface area contributed by atoms with E-state index in [0.29, 0.717) is 11.4 Å². The number of nitrogens with one attached hydrogen (secondary N) is 1. The highest BCUT2D eigenvalue weighted by atomic mass is 14.7. The average molecular weight is 158 g/mol. The van der Waals surface area contributed by atoms with Crippen LogP contribution in [0.25, 0.3) is 0 Å². The molecule has 1 aromatic heterocycles. The van der Waals surface area contributed by atoms with Crippen LogP contribution in [-0.2, 0) is 6.42 Å². The Bertz CT molecular complexity index is 266. The van der Waals surface area contributed by atoms with Gasteiger partial charge in [-0.1, -0.05) is 13.0 Å². The van der Waals surface area contributed by atoms with E-state index in [9.17, 15) is 0 Å². The van der Waals surface area contributed by atoms with Crippen LogP contribution in [0.4, 0.5) is 0 Å². The number of rotatable bonds is 3. The van der Waals surface area contributed by atoms with Gasteiger partial charge in [0.25, 0.3) is 0 Å². The molecule has 1 heterocycles. The SMILES string of the molecule is [B]CC(=N)c1ccc(CC)cn1. The van der Waals surface area contributed by atoms with Crippen LogP contribution in [0.2, 0.25) is 6.32 Å². The molecule has 0 saturated heterocycles. The monoisotopic (exact) mass is 158 g/mol. The van der Waals surface area contributed by atoms with Crippen molar-refractivity contribution in [1.29, 1.82) is 5.41 Å². The lowest BCUT2D eigenvalue weighted by atomic mass is 9.98. The maximum atomic E-state index is 7.42. The summed E-state index contributed by atoms with van der Waals surface area (Å²) in [5.74, 6) is 0. The summed E-state index contributed by atoms with van der Waals surface area (Å²) in [6, 6.07) is 3.82. The summed E-state index contributed by atoms with van der Waals surface area (Å²) in [7, 11) is 5.31. The topological polar surface area (TPSA) is 36.7 Å². The third-order valence-electron chi connectivity index (χ3n) is 1.75. The van der Waals surface area contributed by atoms with E-state index in [1.165, 1.54) is 5.56 Å². The quantitative estimate of drug-likeness (QED) is 0.526. The van der Waals surface area contributed by atoms with Gasteiger partial charge in [0.2, 0.25) is 0 Å². The zero-order valence-corrected chi connectivity index (χ0v) is 7.17. The first-order valence-electron chi connectivity index (χ1n) is 4.00. The Labute approximate surface area is 73.9 Å². The second-order valence-electron chi connectivity index (χ2n) is 2.59. The molecular weight excluding hydrogens is 147 g/mol. The first-order chi connectivity index (χ1) is 5.77. The Balaban J connectivity index is 2.84. The van der Waals surface area contributed by atoms with Crippen molar-refractivity contribution in [3.8, 4) is 0 Å². The van der Waals surface area contributed by atoms with Gasteiger partial charge in [-0.05, 0) is 24.4 Å². The van der Waals surface area contributed by atoms with Crippen molar-refractivity contribution < 1.29 is 0 Å². The van der Waals surface area contributed by atoms with Crippen molar-refractivity contribution in [3.05, 3.63) is 29.6 Å². The Kier molecular flexibility index (Phi) is 3.03. The molecule has 0 atom stereocenters. The van der Waals surface area contributed by atoms with Crippen molar-refractivity contribution in [3.63, 3.8) is 0 Å². The predicted octanol–water partition coefficient (Wildman–Crippen LogP) is 1.60. The summed E-state index contributed by atoms with van der Waals surface area (Å²) in [4.78, 5) is 4.12. The zero-order valence-electron chi connectivity index (χ0n) is 7.17. The van der Waals surface area contributed by atoms with Gasteiger partial charge in [0, 0.05) is 11.9 Å². The minimum Gasteiger partial charge on any atom is -0.304 e. The molecule has 0 unspecified atom stereocenters. The van der Waals surface area contributed by atoms with Crippen molar-refractivity contribution >= 4 is 13.6 Å². The number of hydrogen-bond donors (Lipinski definition) is 1. The van der Waals surface area contributed by atoms with Crippen LogP contribution >= 0.6 is 0 Å². The van der Waals surface area contributed by atoms with Gasteiger partial charge in [-0.2, -0.15) is 0 Å². The van der Waals surface area contributed by atoms with E-state index >= 15 is 0 Å². The highest BCUT2D eigenvalue weighted by Gasteiger charge is 1.98. The van der Waals surface area contributed by atoms with Crippen molar-refractivity contribution in [2.24, 2.45) is 0 Å². The molecule has 0 aliphatic rings. The van der Waals surface area contributed by atoms with Gasteiger partial charge in [0.05, 0.1) is 13.5 Å². The van der Waals surface area contributed by atoms with E-state index < -0.39 is 0 Å². The first kappa shape index (κ1) is 8.98. The molecule has 3 heteroatoms. The van der Waals surface area contributed by atoms with Crippen molar-refractivity contribution in [2.75, 3.05) is 0 Å². The van der Waals surface area contributed by atoms with Gasteiger partial charge in [-0.25, -0.2) is 0 Å². The molecule has 0 fully saturated rings. The fourth-order valence-corrected chi connectivity index (χ4v) is 0.917. The van der Waals surface area contributed by atoms with Gasteiger partial charge in [0.1, 0.15) is 0 Å². The number of aryl methyl sites for hydroxylation is 1. The molecule has 60 valence electrons. The maximum absolute atomic E-state index is 7.42. The van der Waals surface area contributed by atoms with Crippen LogP contribution < -0.4 is 0 Å². The van der Waals surface area contributed by atoms with Crippen LogP contribution in [0.1, 0.15) is 18.2 Å². The van der Waals surface area contributed by atoms with E-state index in [1.807, 2.05) is 12.1 Å². The van der Waals surface area contributed by atoms with Gasteiger partial charge in [0.15, 0.2) is 0 Å². The molecule has 0 amide bonds.